The zero-order valence-corrected chi connectivity index (χ0v) is 17.2. The summed E-state index contributed by atoms with van der Waals surface area (Å²) in [6, 6.07) is 15.3. The van der Waals surface area contributed by atoms with Gasteiger partial charge in [-0.05, 0) is 61.1 Å². The molecule has 2 heterocycles. The highest BCUT2D eigenvalue weighted by Crippen LogP contribution is 2.24. The highest BCUT2D eigenvalue weighted by Gasteiger charge is 2.26. The van der Waals surface area contributed by atoms with Crippen LogP contribution in [0.3, 0.4) is 0 Å². The first kappa shape index (κ1) is 20.1. The molecule has 4 rings (SSSR count). The zero-order valence-electron chi connectivity index (χ0n) is 17.2. The number of methoxy groups -OCH3 is 1. The number of aromatic nitrogens is 2. The molecular formula is C23H25FN4O2. The number of piperazine rings is 1. The van der Waals surface area contributed by atoms with E-state index in [1.54, 1.807) is 30.0 Å². The molecule has 156 valence electrons. The Kier molecular flexibility index (Phi) is 5.81. The summed E-state index contributed by atoms with van der Waals surface area (Å²) in [5.41, 5.74) is 2.64. The van der Waals surface area contributed by atoms with Crippen LogP contribution in [0.15, 0.2) is 54.6 Å². The minimum Gasteiger partial charge on any atom is -0.497 e. The quantitative estimate of drug-likeness (QED) is 0.649. The minimum atomic E-state index is -0.307. The first-order valence-electron chi connectivity index (χ1n) is 10.1. The van der Waals surface area contributed by atoms with Crippen molar-refractivity contribution in [2.24, 2.45) is 0 Å². The maximum Gasteiger partial charge on any atom is 0.272 e. The molecule has 0 radical (unpaired) electrons. The molecule has 0 spiro atoms. The molecule has 0 saturated carbocycles. The van der Waals surface area contributed by atoms with Crippen LogP contribution < -0.4 is 4.74 Å². The SMILES string of the molecule is CCN1CCN(C(=O)c2cc(-c3ccc(F)cc3)nn2-c2ccc(OC)cc2)CC1. The lowest BCUT2D eigenvalue weighted by molar-refractivity contribution is 0.0634. The molecule has 30 heavy (non-hydrogen) atoms. The Morgan fingerprint density at radius 1 is 1.03 bits per heavy atom. The average Bonchev–Trinajstić information content (AvgIpc) is 3.24. The van der Waals surface area contributed by atoms with Crippen LogP contribution in [-0.4, -0.2) is 65.3 Å². The maximum atomic E-state index is 13.4. The van der Waals surface area contributed by atoms with Gasteiger partial charge in [0.15, 0.2) is 0 Å². The normalized spacial score (nSPS) is 14.7. The third kappa shape index (κ3) is 4.07. The van der Waals surface area contributed by atoms with Gasteiger partial charge < -0.3 is 14.5 Å². The highest BCUT2D eigenvalue weighted by atomic mass is 19.1. The van der Waals surface area contributed by atoms with Crippen LogP contribution in [0.2, 0.25) is 0 Å². The number of benzene rings is 2. The minimum absolute atomic E-state index is 0.0533. The summed E-state index contributed by atoms with van der Waals surface area (Å²) < 4.78 is 20.3. The Labute approximate surface area is 175 Å². The van der Waals surface area contributed by atoms with E-state index in [4.69, 9.17) is 4.74 Å². The Bertz CT molecular complexity index is 1010. The van der Waals surface area contributed by atoms with Crippen LogP contribution in [0.25, 0.3) is 16.9 Å². The largest absolute Gasteiger partial charge is 0.497 e. The third-order valence-corrected chi connectivity index (χ3v) is 5.49. The van der Waals surface area contributed by atoms with Crippen LogP contribution in [0.5, 0.6) is 5.75 Å². The summed E-state index contributed by atoms with van der Waals surface area (Å²) in [5, 5.41) is 4.68. The Morgan fingerprint density at radius 2 is 1.70 bits per heavy atom. The molecule has 3 aromatic rings. The van der Waals surface area contributed by atoms with E-state index in [0.717, 1.165) is 36.6 Å². The molecule has 1 aromatic heterocycles. The Hall–Kier alpha value is -3.19. The van der Waals surface area contributed by atoms with Gasteiger partial charge in [-0.25, -0.2) is 9.07 Å². The number of carbonyl (C=O) groups excluding carboxylic acids is 1. The Balaban J connectivity index is 1.71. The summed E-state index contributed by atoms with van der Waals surface area (Å²) in [6.45, 7) is 6.22. The first-order chi connectivity index (χ1) is 14.6. The van der Waals surface area contributed by atoms with Crippen LogP contribution in [0.4, 0.5) is 4.39 Å². The Morgan fingerprint density at radius 3 is 2.30 bits per heavy atom. The summed E-state index contributed by atoms with van der Waals surface area (Å²) >= 11 is 0. The maximum absolute atomic E-state index is 13.4. The fraction of sp³-hybridized carbons (Fsp3) is 0.304. The van der Waals surface area contributed by atoms with Crippen molar-refractivity contribution in [1.82, 2.24) is 19.6 Å². The van der Waals surface area contributed by atoms with Crippen molar-refractivity contribution >= 4 is 5.91 Å². The highest BCUT2D eigenvalue weighted by molar-refractivity contribution is 5.94. The second-order valence-electron chi connectivity index (χ2n) is 7.26. The van der Waals surface area contributed by atoms with Gasteiger partial charge >= 0.3 is 0 Å². The number of amides is 1. The predicted molar refractivity (Wildman–Crippen MR) is 114 cm³/mol. The van der Waals surface area contributed by atoms with Gasteiger partial charge in [-0.2, -0.15) is 5.10 Å². The van der Waals surface area contributed by atoms with E-state index >= 15 is 0 Å². The third-order valence-electron chi connectivity index (χ3n) is 5.49. The topological polar surface area (TPSA) is 50.6 Å². The average molecular weight is 408 g/mol. The summed E-state index contributed by atoms with van der Waals surface area (Å²) in [7, 11) is 1.61. The van der Waals surface area contributed by atoms with E-state index in [9.17, 15) is 9.18 Å². The molecule has 1 aliphatic rings. The van der Waals surface area contributed by atoms with E-state index < -0.39 is 0 Å². The van der Waals surface area contributed by atoms with Crippen LogP contribution in [0, 0.1) is 5.82 Å². The van der Waals surface area contributed by atoms with Crippen molar-refractivity contribution in [3.8, 4) is 22.7 Å². The molecular weight excluding hydrogens is 383 g/mol. The number of nitrogens with zero attached hydrogens (tertiary/aromatic N) is 4. The number of halogens is 1. The molecule has 2 aromatic carbocycles. The number of carbonyl (C=O) groups is 1. The van der Waals surface area contributed by atoms with Gasteiger partial charge in [0.25, 0.3) is 5.91 Å². The molecule has 0 aliphatic carbocycles. The smallest absolute Gasteiger partial charge is 0.272 e. The standard InChI is InChI=1S/C23H25FN4O2/c1-3-26-12-14-27(15-13-26)23(29)22-16-21(17-4-6-18(24)7-5-17)25-28(22)19-8-10-20(30-2)11-9-19/h4-11,16H,3,12-15H2,1-2H3. The number of likely N-dealkylation sites (N-methyl/N-ethyl adjacent to an activating group) is 1. The molecule has 1 fully saturated rings. The lowest BCUT2D eigenvalue weighted by Crippen LogP contribution is -2.48. The van der Waals surface area contributed by atoms with E-state index in [0.29, 0.717) is 24.5 Å². The molecule has 1 aliphatic heterocycles. The van der Waals surface area contributed by atoms with Crippen molar-refractivity contribution in [3.63, 3.8) is 0 Å². The lowest BCUT2D eigenvalue weighted by atomic mass is 10.1. The van der Waals surface area contributed by atoms with Gasteiger partial charge in [-0.1, -0.05) is 6.92 Å². The monoisotopic (exact) mass is 408 g/mol. The number of ether oxygens (including phenoxy) is 1. The van der Waals surface area contributed by atoms with E-state index in [-0.39, 0.29) is 11.7 Å². The summed E-state index contributed by atoms with van der Waals surface area (Å²) in [6.07, 6.45) is 0. The second-order valence-corrected chi connectivity index (χ2v) is 7.26. The van der Waals surface area contributed by atoms with Gasteiger partial charge in [0.2, 0.25) is 0 Å². The predicted octanol–water partition coefficient (Wildman–Crippen LogP) is 3.46. The van der Waals surface area contributed by atoms with Crippen LogP contribution >= 0.6 is 0 Å². The molecule has 0 unspecified atom stereocenters. The van der Waals surface area contributed by atoms with Gasteiger partial charge in [-0.3, -0.25) is 4.79 Å². The van der Waals surface area contributed by atoms with Crippen molar-refractivity contribution in [2.75, 3.05) is 39.8 Å². The van der Waals surface area contributed by atoms with Crippen molar-refractivity contribution in [1.29, 1.82) is 0 Å². The van der Waals surface area contributed by atoms with E-state index in [1.165, 1.54) is 12.1 Å². The van der Waals surface area contributed by atoms with Crippen LogP contribution in [-0.2, 0) is 0 Å². The zero-order chi connectivity index (χ0) is 21.1. The second kappa shape index (κ2) is 8.67. The number of hydrogen-bond donors (Lipinski definition) is 0. The van der Waals surface area contributed by atoms with Crippen molar-refractivity contribution in [2.45, 2.75) is 6.92 Å². The fourth-order valence-corrected chi connectivity index (χ4v) is 3.64. The molecule has 0 atom stereocenters. The van der Waals surface area contributed by atoms with E-state index in [2.05, 4.69) is 16.9 Å². The van der Waals surface area contributed by atoms with Gasteiger partial charge in [-0.15, -0.1) is 0 Å². The van der Waals surface area contributed by atoms with Crippen LogP contribution in [0.1, 0.15) is 17.4 Å². The molecule has 7 heteroatoms. The lowest BCUT2D eigenvalue weighted by Gasteiger charge is -2.34. The molecule has 0 bridgehead atoms. The molecule has 6 nitrogen and oxygen atoms in total. The van der Waals surface area contributed by atoms with Gasteiger partial charge in [0.05, 0.1) is 18.5 Å². The van der Waals surface area contributed by atoms with E-state index in [1.807, 2.05) is 29.2 Å². The summed E-state index contributed by atoms with van der Waals surface area (Å²) in [5.74, 6) is 0.370. The molecule has 0 N–H and O–H groups in total. The van der Waals surface area contributed by atoms with Gasteiger partial charge in [0, 0.05) is 31.7 Å². The molecule has 1 amide bonds. The number of hydrogen-bond acceptors (Lipinski definition) is 4. The fourth-order valence-electron chi connectivity index (χ4n) is 3.64. The molecule has 1 saturated heterocycles. The first-order valence-corrected chi connectivity index (χ1v) is 10.1. The van der Waals surface area contributed by atoms with Crippen molar-refractivity contribution in [3.05, 3.63) is 66.1 Å². The van der Waals surface area contributed by atoms with Crippen molar-refractivity contribution < 1.29 is 13.9 Å². The number of rotatable bonds is 5. The summed E-state index contributed by atoms with van der Waals surface area (Å²) in [4.78, 5) is 17.6. The van der Waals surface area contributed by atoms with Gasteiger partial charge in [0.1, 0.15) is 17.3 Å².